The van der Waals surface area contributed by atoms with Crippen LogP contribution >= 0.6 is 0 Å². The van der Waals surface area contributed by atoms with Gasteiger partial charge in [0.2, 0.25) is 11.8 Å². The van der Waals surface area contributed by atoms with E-state index in [1.165, 1.54) is 18.2 Å². The van der Waals surface area contributed by atoms with Gasteiger partial charge in [0.25, 0.3) is 0 Å². The predicted molar refractivity (Wildman–Crippen MR) is 93.6 cm³/mol. The average molecular weight is 408 g/mol. The van der Waals surface area contributed by atoms with E-state index in [0.29, 0.717) is 22.6 Å². The second-order valence-corrected chi connectivity index (χ2v) is 7.00. The number of nitrogens with one attached hydrogen (secondary N) is 2. The number of amides is 2. The summed E-state index contributed by atoms with van der Waals surface area (Å²) in [5, 5.41) is 4.55. The summed E-state index contributed by atoms with van der Waals surface area (Å²) in [5.74, 6) is -2.69. The lowest BCUT2D eigenvalue weighted by molar-refractivity contribution is -0.171. The maximum atomic E-state index is 13.8. The molecule has 2 aromatic rings. The van der Waals surface area contributed by atoms with Crippen molar-refractivity contribution in [2.45, 2.75) is 31.1 Å². The van der Waals surface area contributed by atoms with Crippen molar-refractivity contribution in [3.63, 3.8) is 0 Å². The SMILES string of the molecule is O=C(NC1c2ccccc2Oc2ccc(F)cc21)C1CCC(C(F)(F)F)NC1=O. The van der Waals surface area contributed by atoms with Gasteiger partial charge in [0, 0.05) is 11.1 Å². The van der Waals surface area contributed by atoms with Gasteiger partial charge in [-0.05, 0) is 37.1 Å². The molecular weight excluding hydrogens is 392 g/mol. The highest BCUT2D eigenvalue weighted by molar-refractivity contribution is 6.01. The molecule has 2 heterocycles. The predicted octanol–water partition coefficient (Wildman–Crippen LogP) is 3.59. The molecule has 2 N–H and O–H groups in total. The molecule has 0 saturated carbocycles. The monoisotopic (exact) mass is 408 g/mol. The summed E-state index contributed by atoms with van der Waals surface area (Å²) < 4.78 is 58.0. The molecule has 0 spiro atoms. The van der Waals surface area contributed by atoms with Gasteiger partial charge < -0.3 is 15.4 Å². The molecule has 0 aliphatic carbocycles. The lowest BCUT2D eigenvalue weighted by Gasteiger charge is -2.32. The minimum Gasteiger partial charge on any atom is -0.457 e. The van der Waals surface area contributed by atoms with Crippen molar-refractivity contribution in [2.24, 2.45) is 5.92 Å². The Morgan fingerprint density at radius 1 is 1.07 bits per heavy atom. The zero-order valence-electron chi connectivity index (χ0n) is 14.9. The number of para-hydroxylation sites is 1. The molecule has 2 amide bonds. The quantitative estimate of drug-likeness (QED) is 0.590. The van der Waals surface area contributed by atoms with Crippen molar-refractivity contribution in [3.8, 4) is 11.5 Å². The van der Waals surface area contributed by atoms with Gasteiger partial charge in [0.1, 0.15) is 29.3 Å². The molecule has 3 unspecified atom stereocenters. The minimum atomic E-state index is -4.56. The van der Waals surface area contributed by atoms with Gasteiger partial charge in [-0.15, -0.1) is 0 Å². The Morgan fingerprint density at radius 3 is 2.52 bits per heavy atom. The molecule has 2 aliphatic heterocycles. The number of fused-ring (bicyclic) bond motifs is 2. The van der Waals surface area contributed by atoms with Crippen LogP contribution in [0.3, 0.4) is 0 Å². The molecule has 4 rings (SSSR count). The maximum Gasteiger partial charge on any atom is 0.408 e. The van der Waals surface area contributed by atoms with Crippen LogP contribution in [0.25, 0.3) is 0 Å². The van der Waals surface area contributed by atoms with Crippen LogP contribution in [0.15, 0.2) is 42.5 Å². The number of carbonyl (C=O) groups excluding carboxylic acids is 2. The standard InChI is InChI=1S/C20H16F4N2O3/c21-10-5-7-15-13(9-10)17(11-3-1-2-4-14(11)29-15)26-19(28)12-6-8-16(20(22,23)24)25-18(12)27/h1-5,7,9,12,16-17H,6,8H2,(H,25,27)(H,26,28). The number of hydrogen-bond acceptors (Lipinski definition) is 3. The van der Waals surface area contributed by atoms with Gasteiger partial charge in [0.15, 0.2) is 0 Å². The summed E-state index contributed by atoms with van der Waals surface area (Å²) in [6.45, 7) is 0. The van der Waals surface area contributed by atoms with E-state index in [1.807, 2.05) is 5.32 Å². The highest BCUT2D eigenvalue weighted by atomic mass is 19.4. The van der Waals surface area contributed by atoms with E-state index in [1.54, 1.807) is 24.3 Å². The third-order valence-corrected chi connectivity index (χ3v) is 5.11. The largest absolute Gasteiger partial charge is 0.457 e. The highest BCUT2D eigenvalue weighted by Gasteiger charge is 2.46. The molecule has 1 saturated heterocycles. The van der Waals surface area contributed by atoms with Crippen molar-refractivity contribution < 1.29 is 31.9 Å². The Labute approximate surface area is 163 Å². The molecule has 2 aromatic carbocycles. The second-order valence-electron chi connectivity index (χ2n) is 7.00. The molecule has 152 valence electrons. The highest BCUT2D eigenvalue weighted by Crippen LogP contribution is 2.43. The van der Waals surface area contributed by atoms with Crippen LogP contribution in [0.4, 0.5) is 17.6 Å². The van der Waals surface area contributed by atoms with Crippen LogP contribution in [-0.4, -0.2) is 24.0 Å². The summed E-state index contributed by atoms with van der Waals surface area (Å²) >= 11 is 0. The fraction of sp³-hybridized carbons (Fsp3) is 0.300. The maximum absolute atomic E-state index is 13.8. The Morgan fingerprint density at radius 2 is 1.79 bits per heavy atom. The van der Waals surface area contributed by atoms with Crippen LogP contribution in [0.5, 0.6) is 11.5 Å². The van der Waals surface area contributed by atoms with E-state index < -0.39 is 41.8 Å². The molecule has 1 fully saturated rings. The number of rotatable bonds is 2. The third-order valence-electron chi connectivity index (χ3n) is 5.11. The van der Waals surface area contributed by atoms with E-state index in [-0.39, 0.29) is 12.8 Å². The van der Waals surface area contributed by atoms with Crippen molar-refractivity contribution in [1.82, 2.24) is 10.6 Å². The summed E-state index contributed by atoms with van der Waals surface area (Å²) in [5.41, 5.74) is 0.921. The summed E-state index contributed by atoms with van der Waals surface area (Å²) in [4.78, 5) is 24.9. The van der Waals surface area contributed by atoms with Gasteiger partial charge in [0.05, 0.1) is 6.04 Å². The third kappa shape index (κ3) is 3.64. The molecule has 29 heavy (non-hydrogen) atoms. The Balaban J connectivity index is 1.59. The number of benzene rings is 2. The van der Waals surface area contributed by atoms with Gasteiger partial charge in [-0.3, -0.25) is 9.59 Å². The minimum absolute atomic E-state index is 0.233. The Kier molecular flexibility index (Phi) is 4.68. The smallest absolute Gasteiger partial charge is 0.408 e. The lowest BCUT2D eigenvalue weighted by Crippen LogP contribution is -2.54. The van der Waals surface area contributed by atoms with E-state index in [2.05, 4.69) is 5.32 Å². The van der Waals surface area contributed by atoms with Crippen LogP contribution < -0.4 is 15.4 Å². The zero-order valence-corrected chi connectivity index (χ0v) is 14.9. The zero-order chi connectivity index (χ0) is 20.8. The number of ether oxygens (including phenoxy) is 1. The van der Waals surface area contributed by atoms with E-state index in [4.69, 9.17) is 4.74 Å². The van der Waals surface area contributed by atoms with E-state index >= 15 is 0 Å². The molecule has 0 radical (unpaired) electrons. The number of hydrogen-bond donors (Lipinski definition) is 2. The first-order chi connectivity index (χ1) is 13.7. The molecule has 9 heteroatoms. The van der Waals surface area contributed by atoms with E-state index in [0.717, 1.165) is 0 Å². The fourth-order valence-electron chi connectivity index (χ4n) is 3.64. The normalized spacial score (nSPS) is 23.3. The second kappa shape index (κ2) is 7.06. The van der Waals surface area contributed by atoms with E-state index in [9.17, 15) is 27.2 Å². The van der Waals surface area contributed by atoms with Crippen LogP contribution in [0, 0.1) is 11.7 Å². The summed E-state index contributed by atoms with van der Waals surface area (Å²) in [6, 6.07) is 7.93. The van der Waals surface area contributed by atoms with Crippen LogP contribution in [-0.2, 0) is 9.59 Å². The first-order valence-corrected chi connectivity index (χ1v) is 8.98. The number of piperidine rings is 1. The Bertz CT molecular complexity index is 976. The molecular formula is C20H16F4N2O3. The first kappa shape index (κ1) is 19.2. The molecule has 2 aliphatic rings. The Hall–Kier alpha value is -3.10. The topological polar surface area (TPSA) is 67.4 Å². The summed E-state index contributed by atoms with van der Waals surface area (Å²) in [7, 11) is 0. The number of alkyl halides is 3. The summed E-state index contributed by atoms with van der Waals surface area (Å²) in [6.07, 6.45) is -5.18. The van der Waals surface area contributed by atoms with Crippen molar-refractivity contribution in [1.29, 1.82) is 0 Å². The van der Waals surface area contributed by atoms with Crippen molar-refractivity contribution >= 4 is 11.8 Å². The number of carbonyl (C=O) groups is 2. The molecule has 3 atom stereocenters. The van der Waals surface area contributed by atoms with Crippen molar-refractivity contribution in [2.75, 3.05) is 0 Å². The molecule has 0 bridgehead atoms. The molecule has 0 aromatic heterocycles. The van der Waals surface area contributed by atoms with Gasteiger partial charge in [-0.25, -0.2) is 4.39 Å². The van der Waals surface area contributed by atoms with Crippen LogP contribution in [0.1, 0.15) is 30.0 Å². The van der Waals surface area contributed by atoms with Crippen molar-refractivity contribution in [3.05, 3.63) is 59.4 Å². The lowest BCUT2D eigenvalue weighted by atomic mass is 9.90. The van der Waals surface area contributed by atoms with Gasteiger partial charge in [-0.2, -0.15) is 13.2 Å². The van der Waals surface area contributed by atoms with Gasteiger partial charge in [-0.1, -0.05) is 18.2 Å². The fourth-order valence-corrected chi connectivity index (χ4v) is 3.64. The average Bonchev–Trinajstić information content (AvgIpc) is 2.67. The number of halogens is 4. The molecule has 5 nitrogen and oxygen atoms in total. The van der Waals surface area contributed by atoms with Gasteiger partial charge >= 0.3 is 6.18 Å². The first-order valence-electron chi connectivity index (χ1n) is 8.98. The van der Waals surface area contributed by atoms with Crippen LogP contribution in [0.2, 0.25) is 0 Å².